The van der Waals surface area contributed by atoms with Crippen molar-refractivity contribution in [1.82, 2.24) is 15.0 Å². The summed E-state index contributed by atoms with van der Waals surface area (Å²) in [6.07, 6.45) is -3.92. The van der Waals surface area contributed by atoms with E-state index in [1.807, 2.05) is 13.8 Å². The molecule has 0 fully saturated rings. The van der Waals surface area contributed by atoms with E-state index in [4.69, 9.17) is 9.47 Å². The number of carbonyl (C=O) groups is 1. The molecule has 0 N–H and O–H groups in total. The number of halogens is 3. The van der Waals surface area contributed by atoms with E-state index in [1.165, 1.54) is 0 Å². The lowest BCUT2D eigenvalue weighted by molar-refractivity contribution is -0.159. The number of nitrogens with zero attached hydrogens (tertiary/aromatic N) is 3. The molecule has 7 nitrogen and oxygen atoms in total. The van der Waals surface area contributed by atoms with Gasteiger partial charge in [-0.15, -0.1) is 0 Å². The van der Waals surface area contributed by atoms with E-state index in [9.17, 15) is 18.0 Å². The summed E-state index contributed by atoms with van der Waals surface area (Å²) in [5.41, 5.74) is 1.20. The molecule has 160 valence electrons. The average Bonchev–Trinajstić information content (AvgIpc) is 3.20. The van der Waals surface area contributed by atoms with Gasteiger partial charge in [0.2, 0.25) is 11.7 Å². The molecule has 2 aromatic rings. The Morgan fingerprint density at radius 1 is 1.24 bits per heavy atom. The highest BCUT2D eigenvalue weighted by molar-refractivity contribution is 5.77. The Balaban J connectivity index is 2.06. The van der Waals surface area contributed by atoms with Gasteiger partial charge in [-0.3, -0.25) is 4.79 Å². The highest BCUT2D eigenvalue weighted by Crippen LogP contribution is 2.29. The van der Waals surface area contributed by atoms with Crippen LogP contribution in [0.1, 0.15) is 31.7 Å². The number of benzene rings is 1. The Bertz CT molecular complexity index is 778. The monoisotopic (exact) mass is 415 g/mol. The van der Waals surface area contributed by atoms with Gasteiger partial charge in [0.1, 0.15) is 6.61 Å². The summed E-state index contributed by atoms with van der Waals surface area (Å²) < 4.78 is 52.2. The second-order valence-corrected chi connectivity index (χ2v) is 6.44. The van der Waals surface area contributed by atoms with Gasteiger partial charge >= 0.3 is 12.1 Å². The molecule has 1 heterocycles. The molecule has 29 heavy (non-hydrogen) atoms. The summed E-state index contributed by atoms with van der Waals surface area (Å²) in [5.74, 6) is -1.68. The van der Waals surface area contributed by atoms with E-state index < -0.39 is 12.1 Å². The van der Waals surface area contributed by atoms with Crippen LogP contribution in [0.5, 0.6) is 0 Å². The van der Waals surface area contributed by atoms with Crippen LogP contribution < -0.4 is 0 Å². The summed E-state index contributed by atoms with van der Waals surface area (Å²) in [4.78, 5) is 17.6. The maximum absolute atomic E-state index is 12.6. The Morgan fingerprint density at radius 3 is 2.48 bits per heavy atom. The topological polar surface area (TPSA) is 77.7 Å². The van der Waals surface area contributed by atoms with E-state index >= 15 is 0 Å². The zero-order valence-electron chi connectivity index (χ0n) is 16.5. The first kappa shape index (κ1) is 22.8. The third-order valence-electron chi connectivity index (χ3n) is 4.33. The van der Waals surface area contributed by atoms with Crippen molar-refractivity contribution in [1.29, 1.82) is 0 Å². The minimum atomic E-state index is -4.69. The second kappa shape index (κ2) is 10.4. The molecule has 1 aromatic carbocycles. The van der Waals surface area contributed by atoms with Crippen LogP contribution in [0.4, 0.5) is 13.2 Å². The van der Waals surface area contributed by atoms with Crippen LogP contribution in [0.25, 0.3) is 11.4 Å². The van der Waals surface area contributed by atoms with E-state index in [0.717, 1.165) is 12.0 Å². The fourth-order valence-corrected chi connectivity index (χ4v) is 2.51. The third-order valence-corrected chi connectivity index (χ3v) is 4.33. The molecule has 1 amide bonds. The first-order chi connectivity index (χ1) is 13.8. The lowest BCUT2D eigenvalue weighted by Crippen LogP contribution is -2.40. The average molecular weight is 415 g/mol. The number of hydrogen-bond donors (Lipinski definition) is 0. The van der Waals surface area contributed by atoms with Crippen molar-refractivity contribution >= 4 is 5.91 Å². The van der Waals surface area contributed by atoms with E-state index in [-0.39, 0.29) is 24.4 Å². The summed E-state index contributed by atoms with van der Waals surface area (Å²) in [6, 6.07) is 6.62. The van der Waals surface area contributed by atoms with Crippen LogP contribution in [0.3, 0.4) is 0 Å². The van der Waals surface area contributed by atoms with Crippen LogP contribution in [0, 0.1) is 0 Å². The van der Waals surface area contributed by atoms with Crippen molar-refractivity contribution in [2.75, 3.05) is 26.9 Å². The molecule has 0 aliphatic heterocycles. The first-order valence-electron chi connectivity index (χ1n) is 9.12. The molecule has 0 aliphatic rings. The maximum atomic E-state index is 12.6. The quantitative estimate of drug-likeness (QED) is 0.553. The predicted molar refractivity (Wildman–Crippen MR) is 97.7 cm³/mol. The molecule has 0 spiro atoms. The van der Waals surface area contributed by atoms with Gasteiger partial charge in [-0.05, 0) is 18.9 Å². The number of ether oxygens (including phenoxy) is 2. The molecule has 1 aromatic heterocycles. The summed E-state index contributed by atoms with van der Waals surface area (Å²) in [6.45, 7) is 4.96. The van der Waals surface area contributed by atoms with Gasteiger partial charge in [0, 0.05) is 25.3 Å². The van der Waals surface area contributed by atoms with Crippen LogP contribution in [-0.2, 0) is 27.0 Å². The van der Waals surface area contributed by atoms with Crippen molar-refractivity contribution < 1.29 is 32.0 Å². The van der Waals surface area contributed by atoms with Crippen molar-refractivity contribution in [2.45, 2.75) is 39.0 Å². The molecule has 1 atom stereocenters. The molecule has 0 radical (unpaired) electrons. The maximum Gasteiger partial charge on any atom is 0.471 e. The van der Waals surface area contributed by atoms with Gasteiger partial charge in [-0.2, -0.15) is 18.2 Å². The Hall–Kier alpha value is -2.46. The van der Waals surface area contributed by atoms with Crippen LogP contribution in [-0.4, -0.2) is 53.9 Å². The molecular formula is C19H24F3N3O4. The lowest BCUT2D eigenvalue weighted by Gasteiger charge is -2.29. The second-order valence-electron chi connectivity index (χ2n) is 6.44. The number of rotatable bonds is 10. The minimum absolute atomic E-state index is 0.000229. The van der Waals surface area contributed by atoms with Crippen molar-refractivity contribution in [2.24, 2.45) is 0 Å². The SMILES string of the molecule is CCC(C)N(Cc1ccc(-c2noc(C(F)(F)F)n2)cc1)C(=O)COCCOC. The van der Waals surface area contributed by atoms with Crippen LogP contribution >= 0.6 is 0 Å². The van der Waals surface area contributed by atoms with E-state index in [2.05, 4.69) is 14.7 Å². The van der Waals surface area contributed by atoms with E-state index in [0.29, 0.717) is 25.3 Å². The Labute approximate surface area is 166 Å². The van der Waals surface area contributed by atoms with Crippen molar-refractivity contribution in [3.8, 4) is 11.4 Å². The number of hydrogen-bond acceptors (Lipinski definition) is 6. The van der Waals surface area contributed by atoms with E-state index in [1.54, 1.807) is 36.3 Å². The highest BCUT2D eigenvalue weighted by atomic mass is 19.4. The first-order valence-corrected chi connectivity index (χ1v) is 9.12. The molecule has 10 heteroatoms. The molecular weight excluding hydrogens is 391 g/mol. The van der Waals surface area contributed by atoms with Gasteiger partial charge < -0.3 is 18.9 Å². The summed E-state index contributed by atoms with van der Waals surface area (Å²) in [7, 11) is 1.55. The number of alkyl halides is 3. The predicted octanol–water partition coefficient (Wildman–Crippen LogP) is 3.55. The van der Waals surface area contributed by atoms with Crippen molar-refractivity contribution in [3.05, 3.63) is 35.7 Å². The zero-order chi connectivity index (χ0) is 21.4. The number of methoxy groups -OCH3 is 1. The fraction of sp³-hybridized carbons (Fsp3) is 0.526. The summed E-state index contributed by atoms with van der Waals surface area (Å²) in [5, 5.41) is 3.36. The fourth-order valence-electron chi connectivity index (χ4n) is 2.51. The molecule has 0 saturated carbocycles. The van der Waals surface area contributed by atoms with Gasteiger partial charge in [0.25, 0.3) is 0 Å². The van der Waals surface area contributed by atoms with Gasteiger partial charge in [-0.1, -0.05) is 36.3 Å². The zero-order valence-corrected chi connectivity index (χ0v) is 16.5. The third kappa shape index (κ3) is 6.53. The number of aromatic nitrogens is 2. The smallest absolute Gasteiger partial charge is 0.382 e. The molecule has 0 aliphatic carbocycles. The molecule has 0 bridgehead atoms. The molecule has 1 unspecified atom stereocenters. The number of amides is 1. The Morgan fingerprint density at radius 2 is 1.93 bits per heavy atom. The highest BCUT2D eigenvalue weighted by Gasteiger charge is 2.38. The van der Waals surface area contributed by atoms with Gasteiger partial charge in [0.15, 0.2) is 0 Å². The van der Waals surface area contributed by atoms with Crippen LogP contribution in [0.15, 0.2) is 28.8 Å². The van der Waals surface area contributed by atoms with Gasteiger partial charge in [-0.25, -0.2) is 0 Å². The Kier molecular flexibility index (Phi) is 8.15. The normalized spacial score (nSPS) is 12.8. The lowest BCUT2D eigenvalue weighted by atomic mass is 10.1. The largest absolute Gasteiger partial charge is 0.471 e. The molecule has 0 saturated heterocycles. The summed E-state index contributed by atoms with van der Waals surface area (Å²) >= 11 is 0. The van der Waals surface area contributed by atoms with Crippen molar-refractivity contribution in [3.63, 3.8) is 0 Å². The number of carbonyl (C=O) groups excluding carboxylic acids is 1. The van der Waals surface area contributed by atoms with Gasteiger partial charge in [0.05, 0.1) is 13.2 Å². The molecule has 2 rings (SSSR count). The van der Waals surface area contributed by atoms with Crippen LogP contribution in [0.2, 0.25) is 0 Å². The minimum Gasteiger partial charge on any atom is -0.382 e. The standard InChI is InChI=1S/C19H24F3N3O4/c1-4-13(2)25(16(26)12-28-10-9-27-3)11-14-5-7-15(8-6-14)17-23-18(29-24-17)19(20,21)22/h5-8,13H,4,9-12H2,1-3H3.